The molecular formula is C49H49N7O6S2. The van der Waals surface area contributed by atoms with Crippen LogP contribution in [0.4, 0.5) is 0 Å². The van der Waals surface area contributed by atoms with Crippen molar-refractivity contribution in [3.63, 3.8) is 0 Å². The smallest absolute Gasteiger partial charge is 0.338 e. The normalized spacial score (nSPS) is 15.9. The number of hydrogen-bond donors (Lipinski definition) is 0. The lowest BCUT2D eigenvalue weighted by molar-refractivity contribution is -0.130. The summed E-state index contributed by atoms with van der Waals surface area (Å²) in [5.41, 5.74) is 4.22. The molecule has 2 fully saturated rings. The maximum atomic E-state index is 12.8. The molecule has 8 rings (SSSR count). The molecule has 0 unspecified atom stereocenters. The molecule has 2 aromatic heterocycles. The number of hydrogen-bond acceptors (Lipinski definition) is 12. The number of ether oxygens (including phenoxy) is 1. The number of piperazine rings is 2. The van der Waals surface area contributed by atoms with Crippen LogP contribution in [0.15, 0.2) is 132 Å². The highest BCUT2D eigenvalue weighted by Gasteiger charge is 2.33. The molecule has 0 N–H and O–H groups in total. The van der Waals surface area contributed by atoms with E-state index in [9.17, 15) is 24.0 Å². The van der Waals surface area contributed by atoms with E-state index in [1.807, 2.05) is 83.2 Å². The average molecular weight is 896 g/mol. The Hall–Kier alpha value is -6.86. The van der Waals surface area contributed by atoms with E-state index in [1.165, 1.54) is 11.3 Å². The predicted octanol–water partition coefficient (Wildman–Crippen LogP) is 7.71. The summed E-state index contributed by atoms with van der Waals surface area (Å²) in [5.74, 6) is -1.32. The van der Waals surface area contributed by atoms with Crippen LogP contribution in [-0.4, -0.2) is 124 Å². The minimum Gasteiger partial charge on any atom is -0.462 e. The number of carbonyl (C=O) groups is 5. The molecule has 4 aromatic carbocycles. The number of esters is 1. The highest BCUT2D eigenvalue weighted by atomic mass is 32.1. The van der Waals surface area contributed by atoms with E-state index < -0.39 is 11.7 Å². The van der Waals surface area contributed by atoms with Gasteiger partial charge in [-0.05, 0) is 57.2 Å². The zero-order valence-corrected chi connectivity index (χ0v) is 37.5. The number of nitriles is 1. The van der Waals surface area contributed by atoms with Crippen LogP contribution in [-0.2, 0) is 9.53 Å². The van der Waals surface area contributed by atoms with Gasteiger partial charge in [0.1, 0.15) is 10.0 Å². The SMILES string of the molecule is CCOC(=O)c1ccc(-c2nccs2)cc1.C[C@@H]1CN(C(=O)c2ccccc2)CCN1C(=O)C(=O)c1ccc(-c2nccs2)cc1.C[C@@H]1CN(C(=O)c2ccccc2)CCN1CC#N. The number of amides is 3. The largest absolute Gasteiger partial charge is 0.462 e. The van der Waals surface area contributed by atoms with Gasteiger partial charge in [-0.1, -0.05) is 72.8 Å². The highest BCUT2D eigenvalue weighted by molar-refractivity contribution is 7.13. The highest BCUT2D eigenvalue weighted by Crippen LogP contribution is 2.24. The van der Waals surface area contributed by atoms with Gasteiger partial charge in [-0.3, -0.25) is 24.1 Å². The third kappa shape index (κ3) is 12.2. The fourth-order valence-electron chi connectivity index (χ4n) is 7.19. The van der Waals surface area contributed by atoms with Crippen LogP contribution >= 0.6 is 22.7 Å². The number of ketones is 1. The van der Waals surface area contributed by atoms with Crippen molar-refractivity contribution in [3.05, 3.63) is 155 Å². The van der Waals surface area contributed by atoms with Crippen molar-refractivity contribution in [2.45, 2.75) is 32.9 Å². The molecule has 2 aliphatic heterocycles. The number of Topliss-reactive ketones (excluding diaryl/α,β-unsaturated/α-hetero) is 1. The third-order valence-electron chi connectivity index (χ3n) is 10.6. The van der Waals surface area contributed by atoms with Crippen LogP contribution in [0, 0.1) is 11.3 Å². The molecule has 15 heteroatoms. The van der Waals surface area contributed by atoms with Crippen LogP contribution in [0.3, 0.4) is 0 Å². The first-order valence-electron chi connectivity index (χ1n) is 20.9. The minimum absolute atomic E-state index is 0.0568. The van der Waals surface area contributed by atoms with E-state index in [0.717, 1.165) is 33.3 Å². The molecule has 3 amide bonds. The summed E-state index contributed by atoms with van der Waals surface area (Å²) < 4.78 is 4.91. The van der Waals surface area contributed by atoms with Gasteiger partial charge in [-0.15, -0.1) is 22.7 Å². The summed E-state index contributed by atoms with van der Waals surface area (Å²) in [7, 11) is 0. The Kier molecular flexibility index (Phi) is 16.8. The Morgan fingerprint density at radius 2 is 1.12 bits per heavy atom. The minimum atomic E-state index is -0.532. The van der Waals surface area contributed by atoms with Gasteiger partial charge < -0.3 is 19.4 Å². The molecule has 6 aromatic rings. The second kappa shape index (κ2) is 23.0. The topological polar surface area (TPSA) is 157 Å². The summed E-state index contributed by atoms with van der Waals surface area (Å²) in [6.07, 6.45) is 3.49. The predicted molar refractivity (Wildman–Crippen MR) is 248 cm³/mol. The third-order valence-corrected chi connectivity index (χ3v) is 12.3. The Morgan fingerprint density at radius 3 is 1.56 bits per heavy atom. The molecular weight excluding hydrogens is 847 g/mol. The second-order valence-electron chi connectivity index (χ2n) is 14.9. The zero-order chi connectivity index (χ0) is 45.4. The Labute approximate surface area is 381 Å². The van der Waals surface area contributed by atoms with Crippen molar-refractivity contribution >= 4 is 52.1 Å². The number of benzene rings is 4. The van der Waals surface area contributed by atoms with E-state index >= 15 is 0 Å². The summed E-state index contributed by atoms with van der Waals surface area (Å²) >= 11 is 3.09. The van der Waals surface area contributed by atoms with E-state index in [1.54, 1.807) is 89.0 Å². The molecule has 13 nitrogen and oxygen atoms in total. The van der Waals surface area contributed by atoms with Crippen LogP contribution in [0.2, 0.25) is 0 Å². The molecule has 2 saturated heterocycles. The first-order chi connectivity index (χ1) is 31.1. The van der Waals surface area contributed by atoms with Gasteiger partial charge in [-0.25, -0.2) is 14.8 Å². The first-order valence-corrected chi connectivity index (χ1v) is 22.7. The van der Waals surface area contributed by atoms with Crippen molar-refractivity contribution in [1.82, 2.24) is 29.6 Å². The van der Waals surface area contributed by atoms with Crippen molar-refractivity contribution in [2.24, 2.45) is 0 Å². The van der Waals surface area contributed by atoms with Crippen molar-refractivity contribution in [1.29, 1.82) is 5.26 Å². The lowest BCUT2D eigenvalue weighted by atomic mass is 10.1. The standard InChI is InChI=1S/C23H21N3O3S.C14H17N3O.C12H11NO2S/c1-16-15-25(22(28)19-5-3-2-4-6-19)12-13-26(16)23(29)20(27)17-7-9-18(10-8-17)21-24-11-14-30-21;1-12-11-17(10-9-16(12)8-7-15)14(18)13-5-3-2-4-6-13;1-2-15-12(14)10-5-3-9(4-6-10)11-13-7-8-16-11/h2-11,14,16H,12-13,15H2,1H3;2-6,12H,8-11H2,1H3;3-8H,2H2,1H3/t16-;12-;/m11./s1. The van der Waals surface area contributed by atoms with Gasteiger partial charge in [0.2, 0.25) is 5.78 Å². The summed E-state index contributed by atoms with van der Waals surface area (Å²) in [6, 6.07) is 34.8. The molecule has 0 bridgehead atoms. The van der Waals surface area contributed by atoms with Gasteiger partial charge >= 0.3 is 5.97 Å². The van der Waals surface area contributed by atoms with E-state index in [2.05, 4.69) is 27.9 Å². The Balaban J connectivity index is 0.000000171. The van der Waals surface area contributed by atoms with Gasteiger partial charge in [0.15, 0.2) is 0 Å². The lowest BCUT2D eigenvalue weighted by Gasteiger charge is -2.39. The summed E-state index contributed by atoms with van der Waals surface area (Å²) in [6.45, 7) is 9.84. The summed E-state index contributed by atoms with van der Waals surface area (Å²) in [4.78, 5) is 77.6. The molecule has 4 heterocycles. The molecule has 0 saturated carbocycles. The first kappa shape index (κ1) is 46.6. The molecule has 2 aliphatic rings. The van der Waals surface area contributed by atoms with Crippen LogP contribution in [0.5, 0.6) is 0 Å². The second-order valence-corrected chi connectivity index (χ2v) is 16.7. The number of thiazole rings is 2. The molecule has 0 spiro atoms. The van der Waals surface area contributed by atoms with Gasteiger partial charge in [0.05, 0.1) is 24.8 Å². The number of aromatic nitrogens is 2. The average Bonchev–Trinajstić information content (AvgIpc) is 4.09. The fraction of sp³-hybridized carbons (Fsp3) is 0.265. The van der Waals surface area contributed by atoms with Gasteiger partial charge in [-0.2, -0.15) is 5.26 Å². The Morgan fingerprint density at radius 1 is 0.641 bits per heavy atom. The lowest BCUT2D eigenvalue weighted by Crippen LogP contribution is -2.56. The number of nitrogens with zero attached hydrogens (tertiary/aromatic N) is 7. The van der Waals surface area contributed by atoms with E-state index in [-0.39, 0.29) is 29.9 Å². The Bertz CT molecular complexity index is 2500. The van der Waals surface area contributed by atoms with Gasteiger partial charge in [0, 0.05) is 102 Å². The van der Waals surface area contributed by atoms with Crippen molar-refractivity contribution < 1.29 is 28.7 Å². The molecule has 64 heavy (non-hydrogen) atoms. The van der Waals surface area contributed by atoms with E-state index in [4.69, 9.17) is 10.00 Å². The quantitative estimate of drug-likeness (QED) is 0.0610. The summed E-state index contributed by atoms with van der Waals surface area (Å²) in [5, 5.41) is 14.4. The van der Waals surface area contributed by atoms with Crippen molar-refractivity contribution in [2.75, 3.05) is 52.4 Å². The van der Waals surface area contributed by atoms with Crippen molar-refractivity contribution in [3.8, 4) is 27.2 Å². The zero-order valence-electron chi connectivity index (χ0n) is 35.9. The molecule has 328 valence electrons. The number of carbonyl (C=O) groups excluding carboxylic acids is 5. The number of rotatable bonds is 9. The molecule has 0 radical (unpaired) electrons. The monoisotopic (exact) mass is 895 g/mol. The van der Waals surface area contributed by atoms with Crippen LogP contribution < -0.4 is 0 Å². The maximum Gasteiger partial charge on any atom is 0.338 e. The molecule has 2 atom stereocenters. The maximum absolute atomic E-state index is 12.8. The van der Waals surface area contributed by atoms with Crippen LogP contribution in [0.1, 0.15) is 62.2 Å². The molecule has 0 aliphatic carbocycles. The van der Waals surface area contributed by atoms with Gasteiger partial charge in [0.25, 0.3) is 17.7 Å². The van der Waals surface area contributed by atoms with Crippen LogP contribution in [0.25, 0.3) is 21.1 Å². The van der Waals surface area contributed by atoms with E-state index in [0.29, 0.717) is 62.6 Å². The fourth-order valence-corrected chi connectivity index (χ4v) is 8.48.